The second-order valence-electron chi connectivity index (χ2n) is 10.7. The van der Waals surface area contributed by atoms with Crippen molar-refractivity contribution in [3.8, 4) is 5.75 Å². The molecular weight excluding hydrogens is 376 g/mol. The summed E-state index contributed by atoms with van der Waals surface area (Å²) in [5.74, 6) is 4.95. The van der Waals surface area contributed by atoms with Crippen molar-refractivity contribution in [1.82, 2.24) is 0 Å². The molecule has 0 heterocycles. The van der Waals surface area contributed by atoms with E-state index in [0.29, 0.717) is 0 Å². The summed E-state index contributed by atoms with van der Waals surface area (Å²) in [5, 5.41) is 0. The molecule has 31 heavy (non-hydrogen) atoms. The lowest BCUT2D eigenvalue weighted by molar-refractivity contribution is 0.155. The van der Waals surface area contributed by atoms with Gasteiger partial charge in [0, 0.05) is 0 Å². The van der Waals surface area contributed by atoms with Crippen LogP contribution in [0.2, 0.25) is 0 Å². The Kier molecular flexibility index (Phi) is 11.3. The molecule has 2 aliphatic rings. The highest BCUT2D eigenvalue weighted by molar-refractivity contribution is 5.29. The van der Waals surface area contributed by atoms with Crippen LogP contribution in [0.4, 0.5) is 0 Å². The molecule has 0 bridgehead atoms. The van der Waals surface area contributed by atoms with Crippen molar-refractivity contribution in [1.29, 1.82) is 0 Å². The Bertz CT molecular complexity index is 561. The Morgan fingerprint density at radius 3 is 1.84 bits per heavy atom. The standard InChI is InChI=1S/C30H50O/c1-3-5-7-9-11-25-12-14-26(15-13-25)27-16-18-28(19-17-27)29-20-22-30(23-21-29)31-24-10-8-6-4-2/h20-23,25-28H,3-19,24H2,1-2H3. The quantitative estimate of drug-likeness (QED) is 0.285. The third-order valence-electron chi connectivity index (χ3n) is 8.41. The smallest absolute Gasteiger partial charge is 0.119 e. The number of benzene rings is 1. The van der Waals surface area contributed by atoms with Crippen LogP contribution in [0.3, 0.4) is 0 Å². The van der Waals surface area contributed by atoms with Gasteiger partial charge >= 0.3 is 0 Å². The summed E-state index contributed by atoms with van der Waals surface area (Å²) in [6.07, 6.45) is 24.2. The number of hydrogen-bond donors (Lipinski definition) is 0. The third-order valence-corrected chi connectivity index (χ3v) is 8.41. The highest BCUT2D eigenvalue weighted by atomic mass is 16.5. The Morgan fingerprint density at radius 2 is 1.23 bits per heavy atom. The van der Waals surface area contributed by atoms with Crippen LogP contribution in [-0.4, -0.2) is 6.61 Å². The van der Waals surface area contributed by atoms with Crippen molar-refractivity contribution in [2.24, 2.45) is 17.8 Å². The molecule has 1 heteroatoms. The fourth-order valence-corrected chi connectivity index (χ4v) is 6.29. The largest absolute Gasteiger partial charge is 0.494 e. The maximum atomic E-state index is 5.94. The first-order valence-corrected chi connectivity index (χ1v) is 14.0. The fourth-order valence-electron chi connectivity index (χ4n) is 6.29. The normalized spacial score (nSPS) is 26.6. The van der Waals surface area contributed by atoms with Crippen molar-refractivity contribution in [3.63, 3.8) is 0 Å². The van der Waals surface area contributed by atoms with E-state index in [4.69, 9.17) is 4.74 Å². The molecule has 1 nitrogen and oxygen atoms in total. The van der Waals surface area contributed by atoms with E-state index in [1.807, 2.05) is 0 Å². The van der Waals surface area contributed by atoms with Crippen LogP contribution in [0, 0.1) is 17.8 Å². The Balaban J connectivity index is 1.32. The van der Waals surface area contributed by atoms with Crippen LogP contribution >= 0.6 is 0 Å². The molecule has 0 aliphatic heterocycles. The first kappa shape index (κ1) is 24.7. The second-order valence-corrected chi connectivity index (χ2v) is 10.7. The average Bonchev–Trinajstić information content (AvgIpc) is 2.83. The van der Waals surface area contributed by atoms with Crippen molar-refractivity contribution in [2.75, 3.05) is 6.61 Å². The molecule has 2 aliphatic carbocycles. The number of hydrogen-bond acceptors (Lipinski definition) is 1. The van der Waals surface area contributed by atoms with Crippen LogP contribution in [0.5, 0.6) is 5.75 Å². The van der Waals surface area contributed by atoms with E-state index in [-0.39, 0.29) is 0 Å². The van der Waals surface area contributed by atoms with Crippen molar-refractivity contribution < 1.29 is 4.74 Å². The topological polar surface area (TPSA) is 9.23 Å². The second kappa shape index (κ2) is 14.2. The highest BCUT2D eigenvalue weighted by Crippen LogP contribution is 2.44. The van der Waals surface area contributed by atoms with Gasteiger partial charge < -0.3 is 4.74 Å². The lowest BCUT2D eigenvalue weighted by Crippen LogP contribution is -2.25. The molecule has 0 aromatic heterocycles. The molecule has 0 spiro atoms. The van der Waals surface area contributed by atoms with Gasteiger partial charge in [0.1, 0.15) is 5.75 Å². The summed E-state index contributed by atoms with van der Waals surface area (Å²) in [6, 6.07) is 9.11. The van der Waals surface area contributed by atoms with E-state index in [1.165, 1.54) is 109 Å². The lowest BCUT2D eigenvalue weighted by Gasteiger charge is -2.38. The van der Waals surface area contributed by atoms with Gasteiger partial charge in [0.25, 0.3) is 0 Å². The molecule has 1 aromatic rings. The van der Waals surface area contributed by atoms with Crippen LogP contribution in [0.25, 0.3) is 0 Å². The molecule has 1 aromatic carbocycles. The van der Waals surface area contributed by atoms with Gasteiger partial charge in [0.15, 0.2) is 0 Å². The lowest BCUT2D eigenvalue weighted by atomic mass is 9.68. The van der Waals surface area contributed by atoms with E-state index < -0.39 is 0 Å². The molecule has 3 rings (SSSR count). The number of ether oxygens (including phenoxy) is 1. The van der Waals surface area contributed by atoms with Gasteiger partial charge in [-0.1, -0.05) is 90.2 Å². The Labute approximate surface area is 193 Å². The molecule has 0 radical (unpaired) electrons. The highest BCUT2D eigenvalue weighted by Gasteiger charge is 2.31. The van der Waals surface area contributed by atoms with Gasteiger partial charge in [-0.2, -0.15) is 0 Å². The molecule has 0 amide bonds. The van der Waals surface area contributed by atoms with E-state index in [9.17, 15) is 0 Å². The van der Waals surface area contributed by atoms with Crippen molar-refractivity contribution >= 4 is 0 Å². The van der Waals surface area contributed by atoms with Crippen molar-refractivity contribution in [3.05, 3.63) is 29.8 Å². The monoisotopic (exact) mass is 426 g/mol. The summed E-state index contributed by atoms with van der Waals surface area (Å²) < 4.78 is 5.94. The maximum absolute atomic E-state index is 5.94. The molecule has 2 fully saturated rings. The predicted molar refractivity (Wildman–Crippen MR) is 135 cm³/mol. The summed E-state index contributed by atoms with van der Waals surface area (Å²) in [7, 11) is 0. The molecular formula is C30H50O. The summed E-state index contributed by atoms with van der Waals surface area (Å²) in [5.41, 5.74) is 1.55. The zero-order valence-corrected chi connectivity index (χ0v) is 20.8. The van der Waals surface area contributed by atoms with Crippen LogP contribution in [0.15, 0.2) is 24.3 Å². The van der Waals surface area contributed by atoms with Crippen LogP contribution < -0.4 is 4.74 Å². The minimum Gasteiger partial charge on any atom is -0.494 e. The van der Waals surface area contributed by atoms with Gasteiger partial charge in [-0.05, 0) is 86.3 Å². The van der Waals surface area contributed by atoms with E-state index in [0.717, 1.165) is 36.0 Å². The molecule has 2 saturated carbocycles. The molecule has 0 unspecified atom stereocenters. The third kappa shape index (κ3) is 8.47. The average molecular weight is 427 g/mol. The SMILES string of the molecule is CCCCCCOc1ccc(C2CCC(C3CCC(CCCCCC)CC3)CC2)cc1. The van der Waals surface area contributed by atoms with E-state index >= 15 is 0 Å². The minimum atomic E-state index is 0.782. The van der Waals surface area contributed by atoms with Crippen LogP contribution in [0.1, 0.15) is 134 Å². The number of unbranched alkanes of at least 4 members (excludes halogenated alkanes) is 6. The predicted octanol–water partition coefficient (Wildman–Crippen LogP) is 9.70. The maximum Gasteiger partial charge on any atom is 0.119 e. The number of rotatable bonds is 13. The zero-order chi connectivity index (χ0) is 21.7. The summed E-state index contributed by atoms with van der Waals surface area (Å²) >= 11 is 0. The molecule has 0 atom stereocenters. The zero-order valence-electron chi connectivity index (χ0n) is 20.8. The van der Waals surface area contributed by atoms with Crippen LogP contribution in [-0.2, 0) is 0 Å². The summed E-state index contributed by atoms with van der Waals surface area (Å²) in [6.45, 7) is 5.44. The fraction of sp³-hybridized carbons (Fsp3) is 0.800. The molecule has 0 N–H and O–H groups in total. The van der Waals surface area contributed by atoms with Gasteiger partial charge in [-0.15, -0.1) is 0 Å². The van der Waals surface area contributed by atoms with E-state index in [2.05, 4.69) is 38.1 Å². The Morgan fingerprint density at radius 1 is 0.645 bits per heavy atom. The van der Waals surface area contributed by atoms with Crippen molar-refractivity contribution in [2.45, 2.75) is 129 Å². The van der Waals surface area contributed by atoms with Gasteiger partial charge in [-0.3, -0.25) is 0 Å². The minimum absolute atomic E-state index is 0.782. The van der Waals surface area contributed by atoms with Gasteiger partial charge in [-0.25, -0.2) is 0 Å². The summed E-state index contributed by atoms with van der Waals surface area (Å²) in [4.78, 5) is 0. The first-order valence-electron chi connectivity index (χ1n) is 14.0. The molecule has 176 valence electrons. The van der Waals surface area contributed by atoms with E-state index in [1.54, 1.807) is 5.56 Å². The first-order chi connectivity index (χ1) is 15.3. The van der Waals surface area contributed by atoms with Gasteiger partial charge in [0.05, 0.1) is 6.61 Å². The Hall–Kier alpha value is -0.980. The van der Waals surface area contributed by atoms with Gasteiger partial charge in [0.2, 0.25) is 0 Å². The molecule has 0 saturated heterocycles.